The van der Waals surface area contributed by atoms with Crippen molar-refractivity contribution in [1.29, 1.82) is 4.78 Å². The number of amides is 1. The van der Waals surface area contributed by atoms with E-state index in [9.17, 15) is 26.6 Å². The summed E-state index contributed by atoms with van der Waals surface area (Å²) in [6, 6.07) is 7.78. The second kappa shape index (κ2) is 9.49. The fourth-order valence-electron chi connectivity index (χ4n) is 3.12. The minimum Gasteiger partial charge on any atom is -0.494 e. The average molecular weight is 512 g/mol. The third-order valence-corrected chi connectivity index (χ3v) is 6.03. The molecule has 1 atom stereocenters. The smallest absolute Gasteiger partial charge is 0.435 e. The summed E-state index contributed by atoms with van der Waals surface area (Å²) < 4.78 is 84.7. The van der Waals surface area contributed by atoms with Gasteiger partial charge in [-0.3, -0.25) is 4.79 Å². The van der Waals surface area contributed by atoms with Crippen LogP contribution in [0.15, 0.2) is 41.3 Å². The SMILES string of the molecule is COc1cc(C)c(Oc2nnc(C(F)(F)F)c(C)c2C(=O)Nc2cccc(S(C)(=N)=O)c2)cc1F. The van der Waals surface area contributed by atoms with Crippen LogP contribution in [0.1, 0.15) is 27.2 Å². The molecule has 0 aliphatic rings. The Kier molecular flexibility index (Phi) is 7.01. The number of ether oxygens (including phenoxy) is 2. The van der Waals surface area contributed by atoms with E-state index >= 15 is 0 Å². The third-order valence-electron chi connectivity index (χ3n) is 4.88. The number of hydrogen-bond acceptors (Lipinski definition) is 7. The van der Waals surface area contributed by atoms with Crippen LogP contribution in [0.2, 0.25) is 0 Å². The lowest BCUT2D eigenvalue weighted by Gasteiger charge is -2.17. The predicted molar refractivity (Wildman–Crippen MR) is 119 cm³/mol. The van der Waals surface area contributed by atoms with E-state index in [4.69, 9.17) is 14.3 Å². The maximum absolute atomic E-state index is 14.2. The van der Waals surface area contributed by atoms with Crippen LogP contribution in [0.25, 0.3) is 0 Å². The lowest BCUT2D eigenvalue weighted by atomic mass is 10.1. The number of hydrogen-bond donors (Lipinski definition) is 2. The highest BCUT2D eigenvalue weighted by Gasteiger charge is 2.38. The van der Waals surface area contributed by atoms with Crippen LogP contribution >= 0.6 is 0 Å². The molecule has 0 aliphatic carbocycles. The first-order chi connectivity index (χ1) is 16.2. The number of halogens is 4. The fraction of sp³-hybridized carbons (Fsp3) is 0.227. The number of nitrogens with zero attached hydrogens (tertiary/aromatic N) is 2. The van der Waals surface area contributed by atoms with Gasteiger partial charge in [-0.2, -0.15) is 13.2 Å². The van der Waals surface area contributed by atoms with Crippen LogP contribution in [-0.4, -0.2) is 33.7 Å². The van der Waals surface area contributed by atoms with E-state index in [-0.39, 0.29) is 22.1 Å². The molecular weight excluding hydrogens is 492 g/mol. The molecule has 0 saturated heterocycles. The second-order valence-electron chi connectivity index (χ2n) is 7.53. The van der Waals surface area contributed by atoms with Crippen molar-refractivity contribution in [2.24, 2.45) is 0 Å². The van der Waals surface area contributed by atoms with Gasteiger partial charge in [0.2, 0.25) is 0 Å². The van der Waals surface area contributed by atoms with Crippen LogP contribution < -0.4 is 14.8 Å². The van der Waals surface area contributed by atoms with Gasteiger partial charge >= 0.3 is 6.18 Å². The van der Waals surface area contributed by atoms with E-state index in [1.54, 1.807) is 0 Å². The molecule has 1 heterocycles. The van der Waals surface area contributed by atoms with Crippen molar-refractivity contribution in [3.05, 3.63) is 64.6 Å². The fourth-order valence-corrected chi connectivity index (χ4v) is 3.81. The number of nitrogens with one attached hydrogen (secondary N) is 2. The maximum atomic E-state index is 14.2. The molecule has 2 aromatic carbocycles. The van der Waals surface area contributed by atoms with Gasteiger partial charge < -0.3 is 14.8 Å². The normalized spacial score (nSPS) is 13.1. The third kappa shape index (κ3) is 5.67. The standard InChI is InChI=1S/C22H20F4N4O4S/c1-11-8-17(33-3)15(23)10-16(11)34-21-18(12(2)19(29-30-21)22(24,25)26)20(31)28-13-6-5-7-14(9-13)35(4,27)32/h5-10,27H,1-4H3,(H,28,31). The summed E-state index contributed by atoms with van der Waals surface area (Å²) in [5.41, 5.74) is -2.12. The van der Waals surface area contributed by atoms with Crippen molar-refractivity contribution < 1.29 is 36.0 Å². The number of aromatic nitrogens is 2. The Morgan fingerprint density at radius 1 is 1.11 bits per heavy atom. The van der Waals surface area contributed by atoms with E-state index in [0.29, 0.717) is 5.56 Å². The lowest BCUT2D eigenvalue weighted by Crippen LogP contribution is -2.21. The molecule has 0 saturated carbocycles. The Morgan fingerprint density at radius 3 is 2.40 bits per heavy atom. The number of carbonyl (C=O) groups excluding carboxylic acids is 1. The molecular formula is C22H20F4N4O4S. The largest absolute Gasteiger partial charge is 0.494 e. The summed E-state index contributed by atoms with van der Waals surface area (Å²) in [6.07, 6.45) is -3.73. The van der Waals surface area contributed by atoms with Gasteiger partial charge in [0.05, 0.1) is 16.8 Å². The molecule has 35 heavy (non-hydrogen) atoms. The average Bonchev–Trinajstić information content (AvgIpc) is 2.74. The molecule has 3 rings (SSSR count). The minimum atomic E-state index is -4.91. The molecule has 8 nitrogen and oxygen atoms in total. The van der Waals surface area contributed by atoms with E-state index in [1.165, 1.54) is 50.6 Å². The van der Waals surface area contributed by atoms with Gasteiger partial charge in [0.15, 0.2) is 17.3 Å². The predicted octanol–water partition coefficient (Wildman–Crippen LogP) is 5.34. The summed E-state index contributed by atoms with van der Waals surface area (Å²) >= 11 is 0. The van der Waals surface area contributed by atoms with E-state index in [1.807, 2.05) is 0 Å². The lowest BCUT2D eigenvalue weighted by molar-refractivity contribution is -0.142. The zero-order chi connectivity index (χ0) is 26.1. The molecule has 1 amide bonds. The highest BCUT2D eigenvalue weighted by Crippen LogP contribution is 2.36. The van der Waals surface area contributed by atoms with E-state index < -0.39 is 50.3 Å². The second-order valence-corrected chi connectivity index (χ2v) is 9.69. The Bertz CT molecular complexity index is 1410. The first-order valence-corrected chi connectivity index (χ1v) is 11.8. The zero-order valence-electron chi connectivity index (χ0n) is 18.9. The molecule has 1 unspecified atom stereocenters. The monoisotopic (exact) mass is 512 g/mol. The Hall–Kier alpha value is -3.74. The molecule has 0 radical (unpaired) electrons. The Morgan fingerprint density at radius 2 is 1.80 bits per heavy atom. The Balaban J connectivity index is 2.10. The number of benzene rings is 2. The summed E-state index contributed by atoms with van der Waals surface area (Å²) in [7, 11) is -1.85. The van der Waals surface area contributed by atoms with Crippen LogP contribution in [0.3, 0.4) is 0 Å². The van der Waals surface area contributed by atoms with Crippen LogP contribution in [0.5, 0.6) is 17.4 Å². The number of alkyl halides is 3. The topological polar surface area (TPSA) is 114 Å². The van der Waals surface area contributed by atoms with Crippen LogP contribution in [-0.2, 0) is 15.9 Å². The molecule has 186 valence electrons. The van der Waals surface area contributed by atoms with Gasteiger partial charge in [0.1, 0.15) is 11.3 Å². The molecule has 0 bridgehead atoms. The van der Waals surface area contributed by atoms with Crippen LogP contribution in [0.4, 0.5) is 23.2 Å². The van der Waals surface area contributed by atoms with Gasteiger partial charge in [0.25, 0.3) is 11.8 Å². The summed E-state index contributed by atoms with van der Waals surface area (Å²) in [4.78, 5) is 13.2. The molecule has 1 aromatic heterocycles. The van der Waals surface area contributed by atoms with E-state index in [2.05, 4.69) is 15.5 Å². The highest BCUT2D eigenvalue weighted by atomic mass is 32.2. The van der Waals surface area contributed by atoms with Gasteiger partial charge in [-0.05, 0) is 49.2 Å². The Labute approximate surface area is 198 Å². The number of aryl methyl sites for hydroxylation is 1. The summed E-state index contributed by atoms with van der Waals surface area (Å²) in [5.74, 6) is -2.62. The molecule has 3 aromatic rings. The quantitative estimate of drug-likeness (QED) is 0.431. The first kappa shape index (κ1) is 25.9. The van der Waals surface area contributed by atoms with Crippen molar-refractivity contribution in [3.8, 4) is 17.4 Å². The van der Waals surface area contributed by atoms with Gasteiger partial charge in [-0.15, -0.1) is 10.2 Å². The highest BCUT2D eigenvalue weighted by molar-refractivity contribution is 7.91. The first-order valence-electron chi connectivity index (χ1n) is 9.84. The maximum Gasteiger partial charge on any atom is 0.435 e. The number of methoxy groups -OCH3 is 1. The van der Waals surface area contributed by atoms with Crippen molar-refractivity contribution >= 4 is 21.3 Å². The summed E-state index contributed by atoms with van der Waals surface area (Å²) in [6.45, 7) is 2.57. The molecule has 2 N–H and O–H groups in total. The van der Waals surface area contributed by atoms with Gasteiger partial charge in [-0.25, -0.2) is 13.4 Å². The molecule has 0 aliphatic heterocycles. The minimum absolute atomic E-state index is 0.0794. The van der Waals surface area contributed by atoms with Crippen LogP contribution in [0, 0.1) is 24.4 Å². The number of rotatable bonds is 6. The van der Waals surface area contributed by atoms with Gasteiger partial charge in [0, 0.05) is 22.9 Å². The molecule has 13 heteroatoms. The number of carbonyl (C=O) groups is 1. The van der Waals surface area contributed by atoms with Gasteiger partial charge in [-0.1, -0.05) is 6.07 Å². The van der Waals surface area contributed by atoms with E-state index in [0.717, 1.165) is 13.0 Å². The van der Waals surface area contributed by atoms with Crippen molar-refractivity contribution in [2.75, 3.05) is 18.7 Å². The molecule has 0 spiro atoms. The zero-order valence-corrected chi connectivity index (χ0v) is 19.7. The number of anilines is 1. The summed E-state index contributed by atoms with van der Waals surface area (Å²) in [5, 5.41) is 9.02. The van der Waals surface area contributed by atoms with Crippen molar-refractivity contribution in [3.63, 3.8) is 0 Å². The molecule has 0 fully saturated rings. The van der Waals surface area contributed by atoms with Crippen molar-refractivity contribution in [1.82, 2.24) is 10.2 Å². The van der Waals surface area contributed by atoms with Crippen molar-refractivity contribution in [2.45, 2.75) is 24.9 Å².